The second kappa shape index (κ2) is 7.89. The Morgan fingerprint density at radius 1 is 1.32 bits per heavy atom. The zero-order valence-corrected chi connectivity index (χ0v) is 15.7. The summed E-state index contributed by atoms with van der Waals surface area (Å²) in [7, 11) is 3.19. The van der Waals surface area contributed by atoms with Crippen LogP contribution in [0.15, 0.2) is 29.6 Å². The highest BCUT2D eigenvalue weighted by atomic mass is 32.1. The summed E-state index contributed by atoms with van der Waals surface area (Å²) < 4.78 is 10.5. The lowest BCUT2D eigenvalue weighted by molar-refractivity contribution is -0.118. The molecule has 25 heavy (non-hydrogen) atoms. The molecule has 0 bridgehead atoms. The molecule has 2 aromatic rings. The van der Waals surface area contributed by atoms with Crippen LogP contribution in [-0.4, -0.2) is 38.1 Å². The van der Waals surface area contributed by atoms with E-state index in [1.165, 1.54) is 10.4 Å². The highest BCUT2D eigenvalue weighted by Gasteiger charge is 2.28. The monoisotopic (exact) mass is 360 g/mol. The third kappa shape index (κ3) is 3.80. The molecule has 1 amide bonds. The molecule has 1 aromatic carbocycles. The number of fused-ring (bicyclic) bond motifs is 1. The van der Waals surface area contributed by atoms with E-state index in [0.29, 0.717) is 29.8 Å². The van der Waals surface area contributed by atoms with Gasteiger partial charge in [-0.15, -0.1) is 11.3 Å². The normalized spacial score (nSPS) is 17.0. The first-order chi connectivity index (χ1) is 12.2. The summed E-state index contributed by atoms with van der Waals surface area (Å²) >= 11 is 1.82. The molecular formula is C19H24N2O3S. The Morgan fingerprint density at radius 2 is 2.16 bits per heavy atom. The Hall–Kier alpha value is -2.05. The van der Waals surface area contributed by atoms with Crippen LogP contribution in [-0.2, 0) is 11.2 Å². The van der Waals surface area contributed by atoms with Gasteiger partial charge in [0, 0.05) is 23.5 Å². The molecule has 0 spiro atoms. The number of rotatable bonds is 6. The van der Waals surface area contributed by atoms with Crippen LogP contribution in [0.3, 0.4) is 0 Å². The van der Waals surface area contributed by atoms with Gasteiger partial charge >= 0.3 is 0 Å². The van der Waals surface area contributed by atoms with Crippen LogP contribution in [0.1, 0.15) is 29.8 Å². The van der Waals surface area contributed by atoms with Gasteiger partial charge in [-0.2, -0.15) is 0 Å². The second-order valence-corrected chi connectivity index (χ2v) is 7.06. The van der Waals surface area contributed by atoms with Crippen LogP contribution in [0, 0.1) is 0 Å². The topological polar surface area (TPSA) is 50.8 Å². The predicted molar refractivity (Wildman–Crippen MR) is 101 cm³/mol. The molecule has 5 nitrogen and oxygen atoms in total. The third-order valence-corrected chi connectivity index (χ3v) is 5.62. The van der Waals surface area contributed by atoms with Crippen molar-refractivity contribution >= 4 is 22.9 Å². The zero-order valence-electron chi connectivity index (χ0n) is 14.9. The molecule has 1 unspecified atom stereocenters. The molecule has 0 saturated carbocycles. The molecule has 134 valence electrons. The molecule has 6 heteroatoms. The molecule has 0 fully saturated rings. The van der Waals surface area contributed by atoms with E-state index in [-0.39, 0.29) is 5.91 Å². The highest BCUT2D eigenvalue weighted by molar-refractivity contribution is 7.10. The van der Waals surface area contributed by atoms with Crippen LogP contribution in [0.25, 0.3) is 0 Å². The molecular weight excluding hydrogens is 336 g/mol. The Labute approximate surface area is 152 Å². The molecule has 0 saturated heterocycles. The fourth-order valence-electron chi connectivity index (χ4n) is 3.39. The van der Waals surface area contributed by atoms with Gasteiger partial charge in [0.25, 0.3) is 0 Å². The smallest absolute Gasteiger partial charge is 0.238 e. The van der Waals surface area contributed by atoms with Gasteiger partial charge in [-0.3, -0.25) is 9.69 Å². The molecule has 1 aliphatic heterocycles. The van der Waals surface area contributed by atoms with Gasteiger partial charge in [0.1, 0.15) is 11.5 Å². The van der Waals surface area contributed by atoms with Crippen LogP contribution in [0.2, 0.25) is 0 Å². The van der Waals surface area contributed by atoms with Crippen LogP contribution >= 0.6 is 11.3 Å². The van der Waals surface area contributed by atoms with Crippen LogP contribution in [0.4, 0.5) is 5.69 Å². The molecule has 0 radical (unpaired) electrons. The SMILES string of the molecule is CCC1c2ccsc2CCN1CC(=O)Nc1ccc(OC)cc1OC. The lowest BCUT2D eigenvalue weighted by atomic mass is 9.98. The quantitative estimate of drug-likeness (QED) is 0.853. The largest absolute Gasteiger partial charge is 0.497 e. The molecule has 3 rings (SSSR count). The number of nitrogens with zero attached hydrogens (tertiary/aromatic N) is 1. The Bertz CT molecular complexity index is 744. The Balaban J connectivity index is 1.69. The van der Waals surface area contributed by atoms with Gasteiger partial charge in [0.05, 0.1) is 26.5 Å². The van der Waals surface area contributed by atoms with Gasteiger partial charge in [0.2, 0.25) is 5.91 Å². The minimum absolute atomic E-state index is 0.0272. The summed E-state index contributed by atoms with van der Waals surface area (Å²) in [5.41, 5.74) is 2.04. The number of hydrogen-bond donors (Lipinski definition) is 1. The molecule has 1 N–H and O–H groups in total. The van der Waals surface area contributed by atoms with Crippen LogP contribution in [0.5, 0.6) is 11.5 Å². The van der Waals surface area contributed by atoms with E-state index in [1.807, 2.05) is 17.4 Å². The number of amides is 1. The standard InChI is InChI=1S/C19H24N2O3S/c1-4-16-14-8-10-25-18(14)7-9-21(16)12-19(22)20-15-6-5-13(23-2)11-17(15)24-3/h5-6,8,10-11,16H,4,7,9,12H2,1-3H3,(H,20,22). The number of benzene rings is 1. The first kappa shape index (κ1) is 17.8. The van der Waals surface area contributed by atoms with Gasteiger partial charge in [-0.25, -0.2) is 0 Å². The summed E-state index contributed by atoms with van der Waals surface area (Å²) in [5.74, 6) is 1.26. The van der Waals surface area contributed by atoms with Crippen molar-refractivity contribution in [3.05, 3.63) is 40.1 Å². The van der Waals surface area contributed by atoms with E-state index >= 15 is 0 Å². The Morgan fingerprint density at radius 3 is 2.88 bits per heavy atom. The fourth-order valence-corrected chi connectivity index (χ4v) is 4.32. The fraction of sp³-hybridized carbons (Fsp3) is 0.421. The average Bonchev–Trinajstić information content (AvgIpc) is 3.10. The second-order valence-electron chi connectivity index (χ2n) is 6.06. The molecule has 1 atom stereocenters. The van der Waals surface area contributed by atoms with Crippen molar-refractivity contribution in [2.45, 2.75) is 25.8 Å². The number of thiophene rings is 1. The third-order valence-electron chi connectivity index (χ3n) is 4.62. The number of methoxy groups -OCH3 is 2. The van der Waals surface area contributed by atoms with Crippen molar-refractivity contribution in [3.63, 3.8) is 0 Å². The maximum atomic E-state index is 12.6. The molecule has 1 aromatic heterocycles. The van der Waals surface area contributed by atoms with E-state index in [2.05, 4.69) is 28.6 Å². The molecule has 0 aliphatic carbocycles. The number of nitrogens with one attached hydrogen (secondary N) is 1. The minimum atomic E-state index is -0.0272. The lowest BCUT2D eigenvalue weighted by Gasteiger charge is -2.34. The highest BCUT2D eigenvalue weighted by Crippen LogP contribution is 2.35. The van der Waals surface area contributed by atoms with Crippen LogP contribution < -0.4 is 14.8 Å². The predicted octanol–water partition coefficient (Wildman–Crippen LogP) is 3.71. The van der Waals surface area contributed by atoms with Crippen molar-refractivity contribution in [1.82, 2.24) is 4.90 Å². The van der Waals surface area contributed by atoms with Gasteiger partial charge < -0.3 is 14.8 Å². The number of carbonyl (C=O) groups is 1. The van der Waals surface area contributed by atoms with E-state index in [4.69, 9.17) is 9.47 Å². The van der Waals surface area contributed by atoms with E-state index in [1.54, 1.807) is 26.4 Å². The summed E-state index contributed by atoms with van der Waals surface area (Å²) in [6.45, 7) is 3.47. The van der Waals surface area contributed by atoms with Gasteiger partial charge in [-0.05, 0) is 42.0 Å². The number of anilines is 1. The van der Waals surface area contributed by atoms with Crippen molar-refractivity contribution in [1.29, 1.82) is 0 Å². The average molecular weight is 360 g/mol. The van der Waals surface area contributed by atoms with Gasteiger partial charge in [-0.1, -0.05) is 6.92 Å². The van der Waals surface area contributed by atoms with Crippen molar-refractivity contribution < 1.29 is 14.3 Å². The van der Waals surface area contributed by atoms with Gasteiger partial charge in [0.15, 0.2) is 0 Å². The maximum absolute atomic E-state index is 12.6. The zero-order chi connectivity index (χ0) is 17.8. The molecule has 1 aliphatic rings. The molecule has 2 heterocycles. The van der Waals surface area contributed by atoms with E-state index < -0.39 is 0 Å². The summed E-state index contributed by atoms with van der Waals surface area (Å²) in [5, 5.41) is 5.12. The minimum Gasteiger partial charge on any atom is -0.497 e. The van der Waals surface area contributed by atoms with Crippen molar-refractivity contribution in [2.75, 3.05) is 32.6 Å². The number of hydrogen-bond acceptors (Lipinski definition) is 5. The van der Waals surface area contributed by atoms with Crippen molar-refractivity contribution in [2.24, 2.45) is 0 Å². The summed E-state index contributed by atoms with van der Waals surface area (Å²) in [6, 6.07) is 7.90. The number of ether oxygens (including phenoxy) is 2. The lowest BCUT2D eigenvalue weighted by Crippen LogP contribution is -2.40. The number of carbonyl (C=O) groups excluding carboxylic acids is 1. The first-order valence-electron chi connectivity index (χ1n) is 8.48. The van der Waals surface area contributed by atoms with E-state index in [0.717, 1.165) is 19.4 Å². The Kier molecular flexibility index (Phi) is 5.60. The van der Waals surface area contributed by atoms with Crippen molar-refractivity contribution in [3.8, 4) is 11.5 Å². The van der Waals surface area contributed by atoms with E-state index in [9.17, 15) is 4.79 Å². The summed E-state index contributed by atoms with van der Waals surface area (Å²) in [4.78, 5) is 16.3. The maximum Gasteiger partial charge on any atom is 0.238 e. The first-order valence-corrected chi connectivity index (χ1v) is 9.36. The summed E-state index contributed by atoms with van der Waals surface area (Å²) in [6.07, 6.45) is 2.02.